The second-order valence-electron chi connectivity index (χ2n) is 5.91. The van der Waals surface area contributed by atoms with Crippen LogP contribution in [0, 0.1) is 17.8 Å². The molecule has 0 spiro atoms. The van der Waals surface area contributed by atoms with Crippen LogP contribution in [0.3, 0.4) is 0 Å². The topological polar surface area (TPSA) is 74.6 Å². The number of hydrogen-bond donors (Lipinski definition) is 2. The van der Waals surface area contributed by atoms with Gasteiger partial charge in [0, 0.05) is 6.42 Å². The number of rotatable bonds is 11. The van der Waals surface area contributed by atoms with Gasteiger partial charge < -0.3 is 10.2 Å². The van der Waals surface area contributed by atoms with E-state index in [9.17, 15) is 9.59 Å². The Labute approximate surface area is 116 Å². The van der Waals surface area contributed by atoms with Gasteiger partial charge in [0.1, 0.15) is 0 Å². The fourth-order valence-electron chi connectivity index (χ4n) is 2.26. The number of hydrogen-bond acceptors (Lipinski definition) is 2. The lowest BCUT2D eigenvalue weighted by molar-refractivity contribution is -0.141. The Bertz CT molecular complexity index is 275. The van der Waals surface area contributed by atoms with Gasteiger partial charge in [-0.3, -0.25) is 9.59 Å². The van der Waals surface area contributed by atoms with Gasteiger partial charge in [-0.15, -0.1) is 0 Å². The van der Waals surface area contributed by atoms with Crippen LogP contribution in [-0.4, -0.2) is 22.2 Å². The Balaban J connectivity index is 3.56. The zero-order valence-corrected chi connectivity index (χ0v) is 12.4. The molecule has 0 rings (SSSR count). The molecule has 0 saturated heterocycles. The van der Waals surface area contributed by atoms with Crippen molar-refractivity contribution in [3.63, 3.8) is 0 Å². The maximum absolute atomic E-state index is 10.7. The van der Waals surface area contributed by atoms with Gasteiger partial charge in [-0.2, -0.15) is 0 Å². The third-order valence-corrected chi connectivity index (χ3v) is 3.67. The van der Waals surface area contributed by atoms with Crippen LogP contribution in [0.4, 0.5) is 0 Å². The van der Waals surface area contributed by atoms with E-state index in [1.807, 2.05) is 6.92 Å². The molecule has 0 aromatic carbocycles. The van der Waals surface area contributed by atoms with Crippen LogP contribution >= 0.6 is 0 Å². The molecule has 0 fully saturated rings. The zero-order chi connectivity index (χ0) is 14.8. The van der Waals surface area contributed by atoms with Crippen molar-refractivity contribution in [3.05, 3.63) is 0 Å². The van der Waals surface area contributed by atoms with Crippen molar-refractivity contribution < 1.29 is 19.8 Å². The van der Waals surface area contributed by atoms with E-state index in [1.165, 1.54) is 0 Å². The summed E-state index contributed by atoms with van der Waals surface area (Å²) in [5.74, 6) is -0.837. The van der Waals surface area contributed by atoms with Gasteiger partial charge in [-0.1, -0.05) is 52.9 Å². The first-order valence-electron chi connectivity index (χ1n) is 7.27. The Morgan fingerprint density at radius 2 is 1.32 bits per heavy atom. The summed E-state index contributed by atoms with van der Waals surface area (Å²) in [6.45, 7) is 5.92. The standard InChI is InChI=1S/C15H28O4/c1-11(7-5-9-13(3)15(18)19)6-4-8-12(2)10-14(16)17/h11-13H,4-10H2,1-3H3,(H,16,17)(H,18,19). The average molecular weight is 272 g/mol. The van der Waals surface area contributed by atoms with Crippen LogP contribution in [-0.2, 0) is 9.59 Å². The molecule has 3 atom stereocenters. The van der Waals surface area contributed by atoms with Crippen LogP contribution in [0.5, 0.6) is 0 Å². The van der Waals surface area contributed by atoms with Gasteiger partial charge in [0.05, 0.1) is 5.92 Å². The van der Waals surface area contributed by atoms with Gasteiger partial charge >= 0.3 is 11.9 Å². The van der Waals surface area contributed by atoms with Gasteiger partial charge in [-0.05, 0) is 18.3 Å². The number of aliphatic carboxylic acids is 2. The molecule has 0 aromatic heterocycles. The second kappa shape index (κ2) is 9.82. The highest BCUT2D eigenvalue weighted by Crippen LogP contribution is 2.20. The second-order valence-corrected chi connectivity index (χ2v) is 5.91. The molecule has 0 radical (unpaired) electrons. The van der Waals surface area contributed by atoms with Crippen molar-refractivity contribution >= 4 is 11.9 Å². The molecule has 3 unspecified atom stereocenters. The minimum absolute atomic E-state index is 0.247. The molecule has 0 aliphatic rings. The largest absolute Gasteiger partial charge is 0.481 e. The maximum Gasteiger partial charge on any atom is 0.306 e. The molecule has 4 nitrogen and oxygen atoms in total. The SMILES string of the molecule is CC(CCCC(C)CC(=O)O)CCCC(C)C(=O)O. The summed E-state index contributed by atoms with van der Waals surface area (Å²) in [6, 6.07) is 0. The predicted molar refractivity (Wildman–Crippen MR) is 75.1 cm³/mol. The first kappa shape index (κ1) is 17.9. The molecule has 0 saturated carbocycles. The normalized spacial score (nSPS) is 15.7. The van der Waals surface area contributed by atoms with Gasteiger partial charge in [-0.25, -0.2) is 0 Å². The molecule has 0 aliphatic carbocycles. The smallest absolute Gasteiger partial charge is 0.306 e. The monoisotopic (exact) mass is 272 g/mol. The molecule has 0 aliphatic heterocycles. The summed E-state index contributed by atoms with van der Waals surface area (Å²) < 4.78 is 0. The summed E-state index contributed by atoms with van der Waals surface area (Å²) in [5.41, 5.74) is 0. The molecular weight excluding hydrogens is 244 g/mol. The highest BCUT2D eigenvalue weighted by atomic mass is 16.4. The predicted octanol–water partition coefficient (Wildman–Crippen LogP) is 3.79. The highest BCUT2D eigenvalue weighted by Gasteiger charge is 2.12. The van der Waals surface area contributed by atoms with E-state index in [2.05, 4.69) is 6.92 Å². The summed E-state index contributed by atoms with van der Waals surface area (Å²) in [6.07, 6.45) is 6.14. The molecule has 0 aromatic rings. The van der Waals surface area contributed by atoms with Crippen molar-refractivity contribution in [3.8, 4) is 0 Å². The first-order chi connectivity index (χ1) is 8.82. The Morgan fingerprint density at radius 3 is 1.79 bits per heavy atom. The number of carboxylic acid groups (broad SMARTS) is 2. The summed E-state index contributed by atoms with van der Waals surface area (Å²) in [7, 11) is 0. The molecule has 112 valence electrons. The number of carbonyl (C=O) groups is 2. The summed E-state index contributed by atoms with van der Waals surface area (Å²) >= 11 is 0. The molecule has 0 heterocycles. The Hall–Kier alpha value is -1.06. The molecule has 19 heavy (non-hydrogen) atoms. The lowest BCUT2D eigenvalue weighted by atomic mass is 9.92. The quantitative estimate of drug-likeness (QED) is 0.600. The van der Waals surface area contributed by atoms with E-state index < -0.39 is 11.9 Å². The van der Waals surface area contributed by atoms with E-state index in [0.29, 0.717) is 5.92 Å². The molecule has 0 amide bonds. The van der Waals surface area contributed by atoms with E-state index in [4.69, 9.17) is 10.2 Å². The third-order valence-electron chi connectivity index (χ3n) is 3.67. The molecule has 0 bridgehead atoms. The summed E-state index contributed by atoms with van der Waals surface area (Å²) in [5, 5.41) is 17.4. The summed E-state index contributed by atoms with van der Waals surface area (Å²) in [4.78, 5) is 21.2. The fourth-order valence-corrected chi connectivity index (χ4v) is 2.26. The van der Waals surface area contributed by atoms with E-state index in [-0.39, 0.29) is 18.3 Å². The fraction of sp³-hybridized carbons (Fsp3) is 0.867. The first-order valence-corrected chi connectivity index (χ1v) is 7.27. The van der Waals surface area contributed by atoms with Crippen molar-refractivity contribution in [2.24, 2.45) is 17.8 Å². The van der Waals surface area contributed by atoms with Gasteiger partial charge in [0.2, 0.25) is 0 Å². The van der Waals surface area contributed by atoms with E-state index in [0.717, 1.165) is 38.5 Å². The minimum Gasteiger partial charge on any atom is -0.481 e. The highest BCUT2D eigenvalue weighted by molar-refractivity contribution is 5.69. The van der Waals surface area contributed by atoms with Crippen molar-refractivity contribution in [2.45, 2.75) is 65.7 Å². The Morgan fingerprint density at radius 1 is 0.842 bits per heavy atom. The lowest BCUT2D eigenvalue weighted by Gasteiger charge is -2.14. The van der Waals surface area contributed by atoms with E-state index in [1.54, 1.807) is 6.92 Å². The molecule has 2 N–H and O–H groups in total. The van der Waals surface area contributed by atoms with Gasteiger partial charge in [0.15, 0.2) is 0 Å². The van der Waals surface area contributed by atoms with Crippen LogP contribution < -0.4 is 0 Å². The third kappa shape index (κ3) is 10.5. The molecular formula is C15H28O4. The minimum atomic E-state index is -0.719. The van der Waals surface area contributed by atoms with Crippen molar-refractivity contribution in [1.82, 2.24) is 0 Å². The van der Waals surface area contributed by atoms with Crippen LogP contribution in [0.15, 0.2) is 0 Å². The van der Waals surface area contributed by atoms with Crippen LogP contribution in [0.2, 0.25) is 0 Å². The zero-order valence-electron chi connectivity index (χ0n) is 12.4. The van der Waals surface area contributed by atoms with Gasteiger partial charge in [0.25, 0.3) is 0 Å². The van der Waals surface area contributed by atoms with Crippen LogP contribution in [0.1, 0.15) is 65.7 Å². The maximum atomic E-state index is 10.7. The van der Waals surface area contributed by atoms with Crippen molar-refractivity contribution in [2.75, 3.05) is 0 Å². The lowest BCUT2D eigenvalue weighted by Crippen LogP contribution is -2.09. The molecule has 4 heteroatoms. The number of carboxylic acids is 2. The van der Waals surface area contributed by atoms with E-state index >= 15 is 0 Å². The average Bonchev–Trinajstić information content (AvgIpc) is 2.27. The Kier molecular flexibility index (Phi) is 9.27. The van der Waals surface area contributed by atoms with Crippen LogP contribution in [0.25, 0.3) is 0 Å². The van der Waals surface area contributed by atoms with Crippen molar-refractivity contribution in [1.29, 1.82) is 0 Å².